The van der Waals surface area contributed by atoms with Crippen molar-refractivity contribution < 1.29 is 23.7 Å². The van der Waals surface area contributed by atoms with Crippen molar-refractivity contribution in [3.63, 3.8) is 0 Å². The number of benzene rings is 1. The van der Waals surface area contributed by atoms with Crippen molar-refractivity contribution in [1.29, 1.82) is 0 Å². The lowest BCUT2D eigenvalue weighted by atomic mass is 9.97. The fourth-order valence-corrected chi connectivity index (χ4v) is 4.41. The van der Waals surface area contributed by atoms with Crippen LogP contribution >= 0.6 is 0 Å². The Bertz CT molecular complexity index is 694. The van der Waals surface area contributed by atoms with E-state index in [0.29, 0.717) is 6.61 Å². The highest BCUT2D eigenvalue weighted by atomic mass is 16.7. The minimum absolute atomic E-state index is 0.0759. The molecule has 174 valence electrons. The molecule has 2 aliphatic rings. The van der Waals surface area contributed by atoms with E-state index in [4.69, 9.17) is 18.9 Å². The van der Waals surface area contributed by atoms with Gasteiger partial charge >= 0.3 is 6.09 Å². The summed E-state index contributed by atoms with van der Waals surface area (Å²) in [7, 11) is 0. The molecule has 1 unspecified atom stereocenters. The predicted molar refractivity (Wildman–Crippen MR) is 120 cm³/mol. The second-order valence-corrected chi connectivity index (χ2v) is 10.0. The van der Waals surface area contributed by atoms with Crippen LogP contribution in [0.3, 0.4) is 0 Å². The summed E-state index contributed by atoms with van der Waals surface area (Å²) in [6.07, 6.45) is 5.15. The van der Waals surface area contributed by atoms with E-state index in [-0.39, 0.29) is 24.5 Å². The quantitative estimate of drug-likeness (QED) is 0.547. The third kappa shape index (κ3) is 6.93. The molecule has 2 saturated heterocycles. The maximum atomic E-state index is 13.1. The number of hydrogen-bond acceptors (Lipinski definition) is 5. The van der Waals surface area contributed by atoms with Crippen LogP contribution in [0.2, 0.25) is 0 Å². The molecule has 0 radical (unpaired) electrons. The summed E-state index contributed by atoms with van der Waals surface area (Å²) in [5.41, 5.74) is -0.116. The number of nitrogens with zero attached hydrogens (tertiary/aromatic N) is 1. The first-order valence-corrected chi connectivity index (χ1v) is 11.6. The fourth-order valence-electron chi connectivity index (χ4n) is 4.41. The Labute approximate surface area is 187 Å². The van der Waals surface area contributed by atoms with Gasteiger partial charge in [-0.3, -0.25) is 4.90 Å². The maximum absolute atomic E-state index is 13.1. The summed E-state index contributed by atoms with van der Waals surface area (Å²) < 4.78 is 23.7. The number of carbonyl (C=O) groups is 1. The highest BCUT2D eigenvalue weighted by molar-refractivity contribution is 5.70. The van der Waals surface area contributed by atoms with Gasteiger partial charge in [-0.2, -0.15) is 0 Å². The molecule has 3 rings (SSSR count). The second-order valence-electron chi connectivity index (χ2n) is 10.0. The Hall–Kier alpha value is -1.63. The van der Waals surface area contributed by atoms with E-state index in [9.17, 15) is 4.79 Å². The molecule has 0 aliphatic carbocycles. The van der Waals surface area contributed by atoms with Gasteiger partial charge in [-0.05, 0) is 78.7 Å². The van der Waals surface area contributed by atoms with Crippen LogP contribution in [0.25, 0.3) is 0 Å². The average molecular weight is 434 g/mol. The standard InChI is InChI=1S/C25H39NO5/c1-24(2,3)31-23(27)26-20(18-19-12-7-6-8-13-19)21(30-25(26,4)5)14-11-17-29-22-15-9-10-16-28-22/h6-8,12-13,20-22H,9-11,14-18H2,1-5H3/t20-,21-,22?/m0/s1. The molecule has 1 aromatic carbocycles. The number of ether oxygens (including phenoxy) is 4. The maximum Gasteiger partial charge on any atom is 0.412 e. The molecule has 6 heteroatoms. The SMILES string of the molecule is CC(C)(C)OC(=O)N1[C@@H](Cc2ccccc2)[C@H](CCCOC2CCCCO2)OC1(C)C. The van der Waals surface area contributed by atoms with Gasteiger partial charge < -0.3 is 18.9 Å². The molecular formula is C25H39NO5. The first kappa shape index (κ1) is 24.0. The number of carbonyl (C=O) groups excluding carboxylic acids is 1. The Balaban J connectivity index is 1.67. The van der Waals surface area contributed by atoms with E-state index in [2.05, 4.69) is 12.1 Å². The molecule has 0 aromatic heterocycles. The van der Waals surface area contributed by atoms with Gasteiger partial charge in [0.25, 0.3) is 0 Å². The summed E-state index contributed by atoms with van der Waals surface area (Å²) in [4.78, 5) is 14.9. The lowest BCUT2D eigenvalue weighted by Crippen LogP contribution is -2.51. The summed E-state index contributed by atoms with van der Waals surface area (Å²) in [6, 6.07) is 10.2. The minimum atomic E-state index is -0.736. The molecular weight excluding hydrogens is 394 g/mol. The summed E-state index contributed by atoms with van der Waals surface area (Å²) in [6.45, 7) is 11.0. The van der Waals surface area contributed by atoms with E-state index in [1.54, 1.807) is 4.90 Å². The molecule has 3 atom stereocenters. The van der Waals surface area contributed by atoms with E-state index < -0.39 is 11.3 Å². The topological polar surface area (TPSA) is 57.2 Å². The van der Waals surface area contributed by atoms with Crippen molar-refractivity contribution in [1.82, 2.24) is 4.90 Å². The molecule has 1 amide bonds. The molecule has 0 spiro atoms. The monoisotopic (exact) mass is 433 g/mol. The normalized spacial score (nSPS) is 26.1. The van der Waals surface area contributed by atoms with Gasteiger partial charge in [0.15, 0.2) is 6.29 Å². The zero-order chi connectivity index (χ0) is 22.5. The van der Waals surface area contributed by atoms with Gasteiger partial charge in [0.05, 0.1) is 12.1 Å². The van der Waals surface area contributed by atoms with E-state index in [0.717, 1.165) is 45.1 Å². The molecule has 0 saturated carbocycles. The van der Waals surface area contributed by atoms with Crippen LogP contribution in [0.4, 0.5) is 4.79 Å². The molecule has 0 N–H and O–H groups in total. The Morgan fingerprint density at radius 1 is 1.19 bits per heavy atom. The Kier molecular flexibility index (Phi) is 8.00. The van der Waals surface area contributed by atoms with Gasteiger partial charge in [-0.1, -0.05) is 30.3 Å². The molecule has 6 nitrogen and oxygen atoms in total. The number of hydrogen-bond donors (Lipinski definition) is 0. The van der Waals surface area contributed by atoms with Gasteiger partial charge in [0, 0.05) is 13.2 Å². The zero-order valence-electron chi connectivity index (χ0n) is 19.8. The van der Waals surface area contributed by atoms with Crippen molar-refractivity contribution in [2.45, 2.75) is 103 Å². The molecule has 31 heavy (non-hydrogen) atoms. The predicted octanol–water partition coefficient (Wildman–Crippen LogP) is 5.29. The summed E-state index contributed by atoms with van der Waals surface area (Å²) in [5.74, 6) is 0. The third-order valence-electron chi connectivity index (χ3n) is 5.73. The van der Waals surface area contributed by atoms with Crippen LogP contribution < -0.4 is 0 Å². The van der Waals surface area contributed by atoms with Gasteiger partial charge in [0.2, 0.25) is 0 Å². The first-order chi connectivity index (χ1) is 14.7. The molecule has 2 aliphatic heterocycles. The van der Waals surface area contributed by atoms with Crippen LogP contribution in [-0.2, 0) is 25.4 Å². The average Bonchev–Trinajstić information content (AvgIpc) is 2.95. The minimum Gasteiger partial charge on any atom is -0.444 e. The molecule has 0 bridgehead atoms. The Morgan fingerprint density at radius 2 is 1.94 bits per heavy atom. The van der Waals surface area contributed by atoms with Gasteiger partial charge in [-0.15, -0.1) is 0 Å². The molecule has 2 heterocycles. The lowest BCUT2D eigenvalue weighted by Gasteiger charge is -2.35. The fraction of sp³-hybridized carbons (Fsp3) is 0.720. The van der Waals surface area contributed by atoms with Crippen molar-refractivity contribution in [3.8, 4) is 0 Å². The smallest absolute Gasteiger partial charge is 0.412 e. The van der Waals surface area contributed by atoms with Gasteiger partial charge in [-0.25, -0.2) is 4.79 Å². The first-order valence-electron chi connectivity index (χ1n) is 11.6. The van der Waals surface area contributed by atoms with Crippen molar-refractivity contribution >= 4 is 6.09 Å². The Morgan fingerprint density at radius 3 is 2.58 bits per heavy atom. The van der Waals surface area contributed by atoms with Crippen LogP contribution in [0.5, 0.6) is 0 Å². The molecule has 2 fully saturated rings. The van der Waals surface area contributed by atoms with Crippen molar-refractivity contribution in [2.75, 3.05) is 13.2 Å². The number of amides is 1. The van der Waals surface area contributed by atoms with E-state index >= 15 is 0 Å². The van der Waals surface area contributed by atoms with Crippen molar-refractivity contribution in [3.05, 3.63) is 35.9 Å². The van der Waals surface area contributed by atoms with Gasteiger partial charge in [0.1, 0.15) is 11.3 Å². The number of rotatable bonds is 7. The van der Waals surface area contributed by atoms with Crippen LogP contribution in [0.15, 0.2) is 30.3 Å². The highest BCUT2D eigenvalue weighted by Gasteiger charge is 2.50. The van der Waals surface area contributed by atoms with Crippen LogP contribution in [-0.4, -0.2) is 54.0 Å². The second kappa shape index (κ2) is 10.3. The van der Waals surface area contributed by atoms with Crippen molar-refractivity contribution in [2.24, 2.45) is 0 Å². The van der Waals surface area contributed by atoms with Crippen LogP contribution in [0, 0.1) is 0 Å². The zero-order valence-corrected chi connectivity index (χ0v) is 19.8. The largest absolute Gasteiger partial charge is 0.444 e. The van der Waals surface area contributed by atoms with E-state index in [1.165, 1.54) is 5.56 Å². The summed E-state index contributed by atoms with van der Waals surface area (Å²) in [5, 5.41) is 0. The highest BCUT2D eigenvalue weighted by Crippen LogP contribution is 2.37. The summed E-state index contributed by atoms with van der Waals surface area (Å²) >= 11 is 0. The third-order valence-corrected chi connectivity index (χ3v) is 5.73. The van der Waals surface area contributed by atoms with E-state index in [1.807, 2.05) is 52.8 Å². The van der Waals surface area contributed by atoms with Crippen LogP contribution in [0.1, 0.15) is 72.3 Å². The lowest BCUT2D eigenvalue weighted by molar-refractivity contribution is -0.164. The molecule has 1 aromatic rings.